The SMILES string of the molecule is CCn1ncc(Br)c1C(NC)C1C2CCCCC21. The first-order valence-electron chi connectivity index (χ1n) is 7.16. The Kier molecular flexibility index (Phi) is 3.50. The Hall–Kier alpha value is -0.350. The summed E-state index contributed by atoms with van der Waals surface area (Å²) in [7, 11) is 2.09. The minimum Gasteiger partial charge on any atom is -0.311 e. The molecule has 3 unspecified atom stereocenters. The van der Waals surface area contributed by atoms with Crippen LogP contribution in [0.1, 0.15) is 44.3 Å². The normalized spacial score (nSPS) is 32.1. The van der Waals surface area contributed by atoms with Gasteiger partial charge in [-0.1, -0.05) is 12.8 Å². The van der Waals surface area contributed by atoms with E-state index in [0.717, 1.165) is 28.8 Å². The smallest absolute Gasteiger partial charge is 0.0698 e. The number of hydrogen-bond donors (Lipinski definition) is 1. The average Bonchev–Trinajstić information content (AvgIpc) is 3.00. The van der Waals surface area contributed by atoms with Crippen molar-refractivity contribution >= 4 is 15.9 Å². The zero-order chi connectivity index (χ0) is 12.7. The van der Waals surface area contributed by atoms with Crippen LogP contribution in [0, 0.1) is 17.8 Å². The van der Waals surface area contributed by atoms with Gasteiger partial charge in [0.05, 0.1) is 22.4 Å². The van der Waals surface area contributed by atoms with E-state index in [1.807, 2.05) is 6.20 Å². The quantitative estimate of drug-likeness (QED) is 0.924. The highest BCUT2D eigenvalue weighted by Gasteiger charge is 2.54. The molecule has 2 fully saturated rings. The number of aromatic nitrogens is 2. The van der Waals surface area contributed by atoms with Crippen LogP contribution in [0.2, 0.25) is 0 Å². The molecule has 2 aliphatic carbocycles. The molecule has 2 aliphatic rings. The van der Waals surface area contributed by atoms with Gasteiger partial charge in [0.1, 0.15) is 0 Å². The molecule has 0 aromatic carbocycles. The van der Waals surface area contributed by atoms with Crippen molar-refractivity contribution < 1.29 is 0 Å². The van der Waals surface area contributed by atoms with Gasteiger partial charge in [-0.25, -0.2) is 0 Å². The van der Waals surface area contributed by atoms with Gasteiger partial charge in [0, 0.05) is 6.54 Å². The lowest BCUT2D eigenvalue weighted by Crippen LogP contribution is -2.23. The van der Waals surface area contributed by atoms with Gasteiger partial charge in [-0.3, -0.25) is 4.68 Å². The summed E-state index contributed by atoms with van der Waals surface area (Å²) in [5.41, 5.74) is 1.35. The van der Waals surface area contributed by atoms with Gasteiger partial charge < -0.3 is 5.32 Å². The molecule has 3 nitrogen and oxygen atoms in total. The van der Waals surface area contributed by atoms with E-state index in [0.29, 0.717) is 6.04 Å². The summed E-state index contributed by atoms with van der Waals surface area (Å²) >= 11 is 3.67. The van der Waals surface area contributed by atoms with Crippen molar-refractivity contribution in [1.82, 2.24) is 15.1 Å². The van der Waals surface area contributed by atoms with Crippen LogP contribution in [0.4, 0.5) is 0 Å². The average molecular weight is 312 g/mol. The van der Waals surface area contributed by atoms with Crippen LogP contribution in [-0.4, -0.2) is 16.8 Å². The maximum Gasteiger partial charge on any atom is 0.0698 e. The lowest BCUT2D eigenvalue weighted by molar-refractivity contribution is 0.439. The van der Waals surface area contributed by atoms with Gasteiger partial charge in [-0.15, -0.1) is 0 Å². The van der Waals surface area contributed by atoms with E-state index >= 15 is 0 Å². The zero-order valence-corrected chi connectivity index (χ0v) is 12.8. The van der Waals surface area contributed by atoms with Crippen LogP contribution >= 0.6 is 15.9 Å². The summed E-state index contributed by atoms with van der Waals surface area (Å²) in [5.74, 6) is 2.75. The van der Waals surface area contributed by atoms with Crippen molar-refractivity contribution in [2.75, 3.05) is 7.05 Å². The second-order valence-electron chi connectivity index (χ2n) is 5.65. The fourth-order valence-electron chi connectivity index (χ4n) is 3.99. The third-order valence-electron chi connectivity index (χ3n) is 4.85. The molecule has 3 atom stereocenters. The minimum atomic E-state index is 0.468. The molecule has 0 radical (unpaired) electrons. The molecule has 1 aromatic heterocycles. The monoisotopic (exact) mass is 311 g/mol. The number of halogens is 1. The molecule has 3 rings (SSSR count). The van der Waals surface area contributed by atoms with E-state index in [1.165, 1.54) is 31.4 Å². The first kappa shape index (κ1) is 12.7. The first-order valence-corrected chi connectivity index (χ1v) is 7.95. The van der Waals surface area contributed by atoms with Crippen molar-refractivity contribution in [3.8, 4) is 0 Å². The predicted octanol–water partition coefficient (Wildman–Crippen LogP) is 3.36. The highest BCUT2D eigenvalue weighted by Crippen LogP contribution is 2.60. The predicted molar refractivity (Wildman–Crippen MR) is 76.3 cm³/mol. The van der Waals surface area contributed by atoms with Crippen LogP contribution in [0.5, 0.6) is 0 Å². The Morgan fingerprint density at radius 2 is 2.11 bits per heavy atom. The summed E-state index contributed by atoms with van der Waals surface area (Å²) in [6.45, 7) is 3.11. The number of hydrogen-bond acceptors (Lipinski definition) is 2. The molecular formula is C14H22BrN3. The van der Waals surface area contributed by atoms with Crippen molar-refractivity contribution in [2.24, 2.45) is 17.8 Å². The van der Waals surface area contributed by atoms with E-state index in [1.54, 1.807) is 0 Å². The fourth-order valence-corrected chi connectivity index (χ4v) is 4.53. The van der Waals surface area contributed by atoms with Gasteiger partial charge in [0.2, 0.25) is 0 Å². The number of fused-ring (bicyclic) bond motifs is 1. The molecule has 0 aliphatic heterocycles. The molecule has 0 saturated heterocycles. The lowest BCUT2D eigenvalue weighted by Gasteiger charge is -2.19. The van der Waals surface area contributed by atoms with Gasteiger partial charge in [0.25, 0.3) is 0 Å². The Morgan fingerprint density at radius 3 is 2.67 bits per heavy atom. The van der Waals surface area contributed by atoms with E-state index in [9.17, 15) is 0 Å². The molecule has 2 saturated carbocycles. The number of aryl methyl sites for hydroxylation is 1. The second kappa shape index (κ2) is 4.97. The number of nitrogens with zero attached hydrogens (tertiary/aromatic N) is 2. The first-order chi connectivity index (χ1) is 8.77. The van der Waals surface area contributed by atoms with E-state index in [4.69, 9.17) is 0 Å². The summed E-state index contributed by atoms with van der Waals surface area (Å²) in [6.07, 6.45) is 7.68. The Labute approximate surface area is 117 Å². The summed E-state index contributed by atoms with van der Waals surface area (Å²) in [4.78, 5) is 0. The van der Waals surface area contributed by atoms with Gasteiger partial charge in [-0.2, -0.15) is 5.10 Å². The maximum absolute atomic E-state index is 4.46. The molecule has 0 bridgehead atoms. The van der Waals surface area contributed by atoms with Crippen molar-refractivity contribution in [3.63, 3.8) is 0 Å². The van der Waals surface area contributed by atoms with Crippen LogP contribution < -0.4 is 5.32 Å². The zero-order valence-electron chi connectivity index (χ0n) is 11.2. The van der Waals surface area contributed by atoms with Crippen LogP contribution in [0.15, 0.2) is 10.7 Å². The highest BCUT2D eigenvalue weighted by atomic mass is 79.9. The van der Waals surface area contributed by atoms with Crippen molar-refractivity contribution in [1.29, 1.82) is 0 Å². The third-order valence-corrected chi connectivity index (χ3v) is 5.46. The molecule has 0 spiro atoms. The summed E-state index contributed by atoms with van der Waals surface area (Å²) < 4.78 is 3.29. The number of rotatable bonds is 4. The highest BCUT2D eigenvalue weighted by molar-refractivity contribution is 9.10. The fraction of sp³-hybridized carbons (Fsp3) is 0.786. The standard InChI is InChI=1S/C14H22BrN3/c1-3-18-14(11(15)8-17-18)13(16-2)12-9-6-4-5-7-10(9)12/h8-10,12-13,16H,3-7H2,1-2H3. The van der Waals surface area contributed by atoms with E-state index in [2.05, 4.69) is 45.0 Å². The van der Waals surface area contributed by atoms with Gasteiger partial charge in [-0.05, 0) is 60.5 Å². The van der Waals surface area contributed by atoms with E-state index in [-0.39, 0.29) is 0 Å². The van der Waals surface area contributed by atoms with Crippen molar-refractivity contribution in [2.45, 2.75) is 45.2 Å². The van der Waals surface area contributed by atoms with Crippen molar-refractivity contribution in [3.05, 3.63) is 16.4 Å². The minimum absolute atomic E-state index is 0.468. The molecule has 1 N–H and O–H groups in total. The second-order valence-corrected chi connectivity index (χ2v) is 6.50. The topological polar surface area (TPSA) is 29.9 Å². The Balaban J connectivity index is 1.86. The van der Waals surface area contributed by atoms with Crippen LogP contribution in [-0.2, 0) is 6.54 Å². The Morgan fingerprint density at radius 1 is 1.44 bits per heavy atom. The van der Waals surface area contributed by atoms with Crippen LogP contribution in [0.25, 0.3) is 0 Å². The Bertz CT molecular complexity index is 417. The molecule has 100 valence electrons. The largest absolute Gasteiger partial charge is 0.311 e. The molecule has 1 heterocycles. The lowest BCUT2D eigenvalue weighted by atomic mass is 10.0. The third kappa shape index (κ3) is 1.94. The molecule has 4 heteroatoms. The summed E-state index contributed by atoms with van der Waals surface area (Å²) in [6, 6.07) is 0.468. The van der Waals surface area contributed by atoms with E-state index < -0.39 is 0 Å². The van der Waals surface area contributed by atoms with Gasteiger partial charge in [0.15, 0.2) is 0 Å². The molecule has 1 aromatic rings. The molecule has 18 heavy (non-hydrogen) atoms. The van der Waals surface area contributed by atoms with Crippen LogP contribution in [0.3, 0.4) is 0 Å². The molecular weight excluding hydrogens is 290 g/mol. The molecule has 0 amide bonds. The van der Waals surface area contributed by atoms with Gasteiger partial charge >= 0.3 is 0 Å². The maximum atomic E-state index is 4.46. The summed E-state index contributed by atoms with van der Waals surface area (Å²) in [5, 5.41) is 8.01. The number of nitrogens with one attached hydrogen (secondary N) is 1.